The summed E-state index contributed by atoms with van der Waals surface area (Å²) in [5.74, 6) is -0.757. The molecule has 1 aromatic carbocycles. The highest BCUT2D eigenvalue weighted by Crippen LogP contribution is 2.21. The second-order valence-electron chi connectivity index (χ2n) is 3.95. The Morgan fingerprint density at radius 2 is 2.06 bits per heavy atom. The topological polar surface area (TPSA) is 75.3 Å². The van der Waals surface area contributed by atoms with E-state index in [0.717, 1.165) is 22.5 Å². The van der Waals surface area contributed by atoms with E-state index >= 15 is 0 Å². The molecule has 0 saturated carbocycles. The molecule has 1 rings (SSSR count). The van der Waals surface area contributed by atoms with Crippen LogP contribution >= 0.6 is 0 Å². The third-order valence-electron chi connectivity index (χ3n) is 2.50. The molecule has 88 valence electrons. The first-order valence-corrected chi connectivity index (χ1v) is 5.33. The number of hydrogen-bond donors (Lipinski definition) is 3. The van der Waals surface area contributed by atoms with Crippen LogP contribution in [0.25, 0.3) is 0 Å². The van der Waals surface area contributed by atoms with Crippen molar-refractivity contribution in [1.29, 1.82) is 0 Å². The zero-order valence-corrected chi connectivity index (χ0v) is 9.71. The number of carboxylic acid groups (broad SMARTS) is 1. The van der Waals surface area contributed by atoms with Gasteiger partial charge in [-0.3, -0.25) is 4.79 Å². The summed E-state index contributed by atoms with van der Waals surface area (Å²) < 4.78 is 0. The molecule has 0 aromatic heterocycles. The summed E-state index contributed by atoms with van der Waals surface area (Å²) in [6, 6.07) is 3.92. The molecule has 1 aromatic rings. The Labute approximate surface area is 95.5 Å². The standard InChI is InChI=1S/C12H18N2O2/c1-8-7-11(9(2)6-10(8)13)14-5-3-4-12(15)16/h6-7,14H,3-5,13H2,1-2H3,(H,15,16). The number of anilines is 2. The Morgan fingerprint density at radius 3 is 2.69 bits per heavy atom. The van der Waals surface area contributed by atoms with Crippen molar-refractivity contribution in [2.45, 2.75) is 26.7 Å². The van der Waals surface area contributed by atoms with Gasteiger partial charge in [0.25, 0.3) is 0 Å². The second-order valence-corrected chi connectivity index (χ2v) is 3.95. The van der Waals surface area contributed by atoms with Crippen molar-refractivity contribution >= 4 is 17.3 Å². The number of benzene rings is 1. The van der Waals surface area contributed by atoms with Crippen LogP contribution in [0.5, 0.6) is 0 Å². The first kappa shape index (κ1) is 12.4. The van der Waals surface area contributed by atoms with Crippen LogP contribution in [0.2, 0.25) is 0 Å². The summed E-state index contributed by atoms with van der Waals surface area (Å²) in [4.78, 5) is 10.3. The average Bonchev–Trinajstić information content (AvgIpc) is 2.19. The fourth-order valence-electron chi connectivity index (χ4n) is 1.49. The molecule has 0 aliphatic heterocycles. The molecule has 0 spiro atoms. The van der Waals surface area contributed by atoms with Gasteiger partial charge in [0.15, 0.2) is 0 Å². The van der Waals surface area contributed by atoms with E-state index in [1.54, 1.807) is 0 Å². The molecule has 0 unspecified atom stereocenters. The minimum Gasteiger partial charge on any atom is -0.481 e. The Hall–Kier alpha value is -1.71. The summed E-state index contributed by atoms with van der Waals surface area (Å²) in [6.07, 6.45) is 0.818. The molecule has 4 N–H and O–H groups in total. The van der Waals surface area contributed by atoms with E-state index in [-0.39, 0.29) is 6.42 Å². The summed E-state index contributed by atoms with van der Waals surface area (Å²) in [5.41, 5.74) is 9.70. The highest BCUT2D eigenvalue weighted by molar-refractivity contribution is 5.66. The lowest BCUT2D eigenvalue weighted by atomic mass is 10.1. The van der Waals surface area contributed by atoms with Gasteiger partial charge in [0.05, 0.1) is 0 Å². The second kappa shape index (κ2) is 5.39. The number of rotatable bonds is 5. The molecular weight excluding hydrogens is 204 g/mol. The first-order chi connectivity index (χ1) is 7.50. The first-order valence-electron chi connectivity index (χ1n) is 5.33. The zero-order valence-electron chi connectivity index (χ0n) is 9.71. The Kier molecular flexibility index (Phi) is 4.17. The summed E-state index contributed by atoms with van der Waals surface area (Å²) >= 11 is 0. The van der Waals surface area contributed by atoms with Crippen molar-refractivity contribution in [1.82, 2.24) is 0 Å². The smallest absolute Gasteiger partial charge is 0.303 e. The van der Waals surface area contributed by atoms with Gasteiger partial charge in [0.2, 0.25) is 0 Å². The quantitative estimate of drug-likeness (QED) is 0.527. The summed E-state index contributed by atoms with van der Waals surface area (Å²) in [5, 5.41) is 11.7. The van der Waals surface area contributed by atoms with Gasteiger partial charge in [-0.1, -0.05) is 0 Å². The molecule has 0 heterocycles. The van der Waals surface area contributed by atoms with Crippen LogP contribution in [0.4, 0.5) is 11.4 Å². The number of carboxylic acids is 1. The van der Waals surface area contributed by atoms with Crippen LogP contribution in [0.3, 0.4) is 0 Å². The Morgan fingerprint density at radius 1 is 1.38 bits per heavy atom. The molecule has 4 nitrogen and oxygen atoms in total. The lowest BCUT2D eigenvalue weighted by molar-refractivity contribution is -0.137. The highest BCUT2D eigenvalue weighted by atomic mass is 16.4. The number of carbonyl (C=O) groups is 1. The maximum atomic E-state index is 10.3. The SMILES string of the molecule is Cc1cc(NCCCC(=O)O)c(C)cc1N. The fraction of sp³-hybridized carbons (Fsp3) is 0.417. The third kappa shape index (κ3) is 3.46. The molecule has 0 bridgehead atoms. The van der Waals surface area contributed by atoms with E-state index in [4.69, 9.17) is 10.8 Å². The van der Waals surface area contributed by atoms with Crippen molar-refractivity contribution in [3.63, 3.8) is 0 Å². The monoisotopic (exact) mass is 222 g/mol. The molecule has 0 radical (unpaired) electrons. The van der Waals surface area contributed by atoms with Gasteiger partial charge in [-0.05, 0) is 43.5 Å². The van der Waals surface area contributed by atoms with E-state index in [1.165, 1.54) is 0 Å². The van der Waals surface area contributed by atoms with Crippen molar-refractivity contribution in [3.8, 4) is 0 Å². The number of nitrogens with one attached hydrogen (secondary N) is 1. The predicted molar refractivity (Wildman–Crippen MR) is 65.7 cm³/mol. The summed E-state index contributed by atoms with van der Waals surface area (Å²) in [6.45, 7) is 4.60. The van der Waals surface area contributed by atoms with Gasteiger partial charge in [-0.15, -0.1) is 0 Å². The highest BCUT2D eigenvalue weighted by Gasteiger charge is 2.02. The van der Waals surface area contributed by atoms with Crippen molar-refractivity contribution in [2.24, 2.45) is 0 Å². The molecule has 0 atom stereocenters. The normalized spacial score (nSPS) is 10.1. The largest absolute Gasteiger partial charge is 0.481 e. The van der Waals surface area contributed by atoms with Crippen molar-refractivity contribution in [3.05, 3.63) is 23.3 Å². The van der Waals surface area contributed by atoms with E-state index in [0.29, 0.717) is 13.0 Å². The third-order valence-corrected chi connectivity index (χ3v) is 2.50. The molecule has 0 saturated heterocycles. The Balaban J connectivity index is 2.54. The molecule has 4 heteroatoms. The molecular formula is C12H18N2O2. The van der Waals surface area contributed by atoms with Crippen molar-refractivity contribution < 1.29 is 9.90 Å². The molecule has 0 aliphatic carbocycles. The minimum atomic E-state index is -0.757. The lowest BCUT2D eigenvalue weighted by Gasteiger charge is -2.11. The van der Waals surface area contributed by atoms with Crippen LogP contribution in [0, 0.1) is 13.8 Å². The van der Waals surface area contributed by atoms with Gasteiger partial charge in [-0.25, -0.2) is 0 Å². The molecule has 0 amide bonds. The maximum absolute atomic E-state index is 10.3. The van der Waals surface area contributed by atoms with Gasteiger partial charge in [-0.2, -0.15) is 0 Å². The Bertz CT molecular complexity index is 389. The fourth-order valence-corrected chi connectivity index (χ4v) is 1.49. The number of hydrogen-bond acceptors (Lipinski definition) is 3. The predicted octanol–water partition coefficient (Wildman–Crippen LogP) is 2.16. The molecule has 0 fully saturated rings. The van der Waals surface area contributed by atoms with Crippen LogP contribution in [-0.4, -0.2) is 17.6 Å². The number of aliphatic carboxylic acids is 1. The molecule has 0 aliphatic rings. The van der Waals surface area contributed by atoms with Crippen LogP contribution < -0.4 is 11.1 Å². The minimum absolute atomic E-state index is 0.194. The molecule has 16 heavy (non-hydrogen) atoms. The van der Waals surface area contributed by atoms with Crippen LogP contribution in [0.1, 0.15) is 24.0 Å². The van der Waals surface area contributed by atoms with E-state index < -0.39 is 5.97 Å². The van der Waals surface area contributed by atoms with Gasteiger partial charge < -0.3 is 16.2 Å². The average molecular weight is 222 g/mol. The van der Waals surface area contributed by atoms with E-state index in [1.807, 2.05) is 26.0 Å². The summed E-state index contributed by atoms with van der Waals surface area (Å²) in [7, 11) is 0. The maximum Gasteiger partial charge on any atom is 0.303 e. The van der Waals surface area contributed by atoms with Crippen molar-refractivity contribution in [2.75, 3.05) is 17.6 Å². The van der Waals surface area contributed by atoms with E-state index in [2.05, 4.69) is 5.32 Å². The lowest BCUT2D eigenvalue weighted by Crippen LogP contribution is -2.06. The number of aryl methyl sites for hydroxylation is 2. The number of nitrogen functional groups attached to an aromatic ring is 1. The van der Waals surface area contributed by atoms with E-state index in [9.17, 15) is 4.79 Å². The number of nitrogens with two attached hydrogens (primary N) is 1. The van der Waals surface area contributed by atoms with Crippen LogP contribution in [-0.2, 0) is 4.79 Å². The zero-order chi connectivity index (χ0) is 12.1. The van der Waals surface area contributed by atoms with Gasteiger partial charge in [0.1, 0.15) is 0 Å². The van der Waals surface area contributed by atoms with Gasteiger partial charge in [0, 0.05) is 24.3 Å². The van der Waals surface area contributed by atoms with Gasteiger partial charge >= 0.3 is 5.97 Å². The van der Waals surface area contributed by atoms with Crippen LogP contribution in [0.15, 0.2) is 12.1 Å².